The van der Waals surface area contributed by atoms with Crippen LogP contribution in [0, 0.1) is 6.92 Å². The van der Waals surface area contributed by atoms with Gasteiger partial charge in [0.25, 0.3) is 0 Å². The van der Waals surface area contributed by atoms with Crippen molar-refractivity contribution < 1.29 is 4.74 Å². The molecule has 0 radical (unpaired) electrons. The molecule has 0 fully saturated rings. The maximum Gasteiger partial charge on any atom is 0.221 e. The molecule has 2 heterocycles. The average molecular weight is 325 g/mol. The fourth-order valence-electron chi connectivity index (χ4n) is 3.59. The largest absolute Gasteiger partial charge is 0.481 e. The van der Waals surface area contributed by atoms with E-state index in [0.29, 0.717) is 5.88 Å². The Morgan fingerprint density at radius 1 is 0.720 bits per heavy atom. The lowest BCUT2D eigenvalue weighted by molar-refractivity contribution is 0.404. The predicted octanol–water partition coefficient (Wildman–Crippen LogP) is 4.75. The van der Waals surface area contributed by atoms with E-state index in [1.54, 1.807) is 7.11 Å². The molecule has 0 atom stereocenters. The summed E-state index contributed by atoms with van der Waals surface area (Å²) in [6.07, 6.45) is 0. The highest BCUT2D eigenvalue weighted by Gasteiger charge is 2.18. The smallest absolute Gasteiger partial charge is 0.221 e. The fraction of sp³-hybridized carbons (Fsp3) is 0.0952. The van der Waals surface area contributed by atoms with Crippen molar-refractivity contribution in [1.29, 1.82) is 0 Å². The molecule has 4 heteroatoms. The average Bonchev–Trinajstić information content (AvgIpc) is 2.65. The van der Waals surface area contributed by atoms with Crippen LogP contribution in [0.5, 0.6) is 5.88 Å². The zero-order valence-electron chi connectivity index (χ0n) is 13.9. The second kappa shape index (κ2) is 5.11. The minimum atomic E-state index is 0.626. The van der Waals surface area contributed by atoms with Crippen LogP contribution in [-0.2, 0) is 0 Å². The SMILES string of the molecule is COc1nc(-c2ccccc2)c2ccc3nc(C)nc4ccc1c2c43. The normalized spacial score (nSPS) is 11.6. The Morgan fingerprint density at radius 3 is 2.08 bits per heavy atom. The summed E-state index contributed by atoms with van der Waals surface area (Å²) in [6, 6.07) is 18.4. The number of hydrogen-bond donors (Lipinski definition) is 0. The highest BCUT2D eigenvalue weighted by atomic mass is 16.5. The first kappa shape index (κ1) is 14.1. The summed E-state index contributed by atoms with van der Waals surface area (Å²) in [6.45, 7) is 1.92. The first-order valence-electron chi connectivity index (χ1n) is 8.19. The second-order valence-corrected chi connectivity index (χ2v) is 6.12. The van der Waals surface area contributed by atoms with Crippen LogP contribution in [0.15, 0.2) is 54.6 Å². The molecular formula is C21H15N3O. The Hall–Kier alpha value is -3.27. The molecule has 0 aliphatic heterocycles. The molecule has 5 rings (SSSR count). The molecule has 0 bridgehead atoms. The van der Waals surface area contributed by atoms with Crippen LogP contribution in [-0.4, -0.2) is 22.1 Å². The van der Waals surface area contributed by atoms with Gasteiger partial charge in [-0.25, -0.2) is 15.0 Å². The molecule has 0 saturated heterocycles. The number of methoxy groups -OCH3 is 1. The summed E-state index contributed by atoms with van der Waals surface area (Å²) in [5, 5.41) is 4.26. The number of pyridine rings is 1. The van der Waals surface area contributed by atoms with Gasteiger partial charge >= 0.3 is 0 Å². The summed E-state index contributed by atoms with van der Waals surface area (Å²) < 4.78 is 5.61. The van der Waals surface area contributed by atoms with Crippen molar-refractivity contribution in [3.63, 3.8) is 0 Å². The number of hydrogen-bond acceptors (Lipinski definition) is 4. The van der Waals surface area contributed by atoms with Crippen LogP contribution in [0.1, 0.15) is 5.82 Å². The molecule has 3 aromatic carbocycles. The van der Waals surface area contributed by atoms with Gasteiger partial charge < -0.3 is 4.74 Å². The lowest BCUT2D eigenvalue weighted by atomic mass is 9.96. The maximum atomic E-state index is 5.61. The third-order valence-corrected chi connectivity index (χ3v) is 4.62. The molecule has 25 heavy (non-hydrogen) atoms. The van der Waals surface area contributed by atoms with E-state index in [1.807, 2.05) is 37.3 Å². The number of rotatable bonds is 2. The number of aryl methyl sites for hydroxylation is 1. The van der Waals surface area contributed by atoms with Crippen molar-refractivity contribution in [2.24, 2.45) is 0 Å². The first-order chi connectivity index (χ1) is 12.3. The molecule has 0 unspecified atom stereocenters. The molecule has 0 aliphatic carbocycles. The van der Waals surface area contributed by atoms with Gasteiger partial charge in [0.15, 0.2) is 0 Å². The van der Waals surface area contributed by atoms with Crippen LogP contribution in [0.4, 0.5) is 0 Å². The Kier molecular flexibility index (Phi) is 2.88. The molecule has 0 spiro atoms. The van der Waals surface area contributed by atoms with E-state index in [9.17, 15) is 0 Å². The van der Waals surface area contributed by atoms with Crippen LogP contribution < -0.4 is 4.74 Å². The van der Waals surface area contributed by atoms with Gasteiger partial charge in [0.05, 0.1) is 23.8 Å². The Morgan fingerprint density at radius 2 is 1.40 bits per heavy atom. The van der Waals surface area contributed by atoms with E-state index in [-0.39, 0.29) is 0 Å². The highest BCUT2D eigenvalue weighted by Crippen LogP contribution is 2.40. The van der Waals surface area contributed by atoms with Gasteiger partial charge in [-0.3, -0.25) is 0 Å². The molecule has 4 nitrogen and oxygen atoms in total. The summed E-state index contributed by atoms with van der Waals surface area (Å²) in [7, 11) is 1.66. The Balaban J connectivity index is 2.04. The van der Waals surface area contributed by atoms with Crippen molar-refractivity contribution in [2.45, 2.75) is 6.92 Å². The summed E-state index contributed by atoms with van der Waals surface area (Å²) in [4.78, 5) is 14.0. The molecule has 5 aromatic rings. The maximum absolute atomic E-state index is 5.61. The van der Waals surface area contributed by atoms with E-state index in [1.165, 1.54) is 0 Å². The Bertz CT molecular complexity index is 1210. The van der Waals surface area contributed by atoms with Crippen LogP contribution in [0.2, 0.25) is 0 Å². The topological polar surface area (TPSA) is 47.9 Å². The first-order valence-corrected chi connectivity index (χ1v) is 8.19. The van der Waals surface area contributed by atoms with E-state index in [0.717, 1.165) is 49.7 Å². The van der Waals surface area contributed by atoms with E-state index >= 15 is 0 Å². The van der Waals surface area contributed by atoms with E-state index < -0.39 is 0 Å². The molecule has 0 aliphatic rings. The number of aromatic nitrogens is 3. The lowest BCUT2D eigenvalue weighted by Gasteiger charge is -2.15. The van der Waals surface area contributed by atoms with Gasteiger partial charge in [0.2, 0.25) is 5.88 Å². The predicted molar refractivity (Wildman–Crippen MR) is 100 cm³/mol. The van der Waals surface area contributed by atoms with Gasteiger partial charge in [-0.1, -0.05) is 30.3 Å². The van der Waals surface area contributed by atoms with E-state index in [4.69, 9.17) is 9.72 Å². The highest BCUT2D eigenvalue weighted by molar-refractivity contribution is 6.24. The Labute approximate surface area is 144 Å². The zero-order valence-corrected chi connectivity index (χ0v) is 13.9. The van der Waals surface area contributed by atoms with Gasteiger partial charge in [0.1, 0.15) is 5.82 Å². The summed E-state index contributed by atoms with van der Waals surface area (Å²) in [5.74, 6) is 1.40. The van der Waals surface area contributed by atoms with Crippen LogP contribution >= 0.6 is 0 Å². The number of ether oxygens (including phenoxy) is 1. The zero-order chi connectivity index (χ0) is 17.0. The molecule has 0 saturated carbocycles. The van der Waals surface area contributed by atoms with Gasteiger partial charge in [-0.05, 0) is 31.2 Å². The molecule has 0 N–H and O–H groups in total. The van der Waals surface area contributed by atoms with Crippen LogP contribution in [0.3, 0.4) is 0 Å². The molecule has 0 amide bonds. The van der Waals surface area contributed by atoms with Crippen molar-refractivity contribution >= 4 is 32.6 Å². The third kappa shape index (κ3) is 1.97. The van der Waals surface area contributed by atoms with Crippen molar-refractivity contribution in [3.05, 3.63) is 60.4 Å². The molecular weight excluding hydrogens is 310 g/mol. The van der Waals surface area contributed by atoms with Crippen molar-refractivity contribution in [2.75, 3.05) is 7.11 Å². The number of nitrogens with zero attached hydrogens (tertiary/aromatic N) is 3. The second-order valence-electron chi connectivity index (χ2n) is 6.12. The fourth-order valence-corrected chi connectivity index (χ4v) is 3.59. The summed E-state index contributed by atoms with van der Waals surface area (Å²) >= 11 is 0. The van der Waals surface area contributed by atoms with Crippen LogP contribution in [0.25, 0.3) is 43.8 Å². The minimum Gasteiger partial charge on any atom is -0.481 e. The monoisotopic (exact) mass is 325 g/mol. The molecule has 2 aromatic heterocycles. The van der Waals surface area contributed by atoms with Crippen molar-refractivity contribution in [3.8, 4) is 17.1 Å². The third-order valence-electron chi connectivity index (χ3n) is 4.62. The van der Waals surface area contributed by atoms with Gasteiger partial charge in [-0.15, -0.1) is 0 Å². The van der Waals surface area contributed by atoms with E-state index in [2.05, 4.69) is 34.2 Å². The lowest BCUT2D eigenvalue weighted by Crippen LogP contribution is -1.98. The standard InChI is InChI=1S/C21H15N3O/c1-12-22-16-10-8-14-18-15(9-11-17(23-12)19(16)18)21(25-2)24-20(14)13-6-4-3-5-7-13/h3-11H,1-2H3. The van der Waals surface area contributed by atoms with Gasteiger partial charge in [-0.2, -0.15) is 0 Å². The van der Waals surface area contributed by atoms with Gasteiger partial charge in [0, 0.05) is 27.1 Å². The quantitative estimate of drug-likeness (QED) is 0.439. The summed E-state index contributed by atoms with van der Waals surface area (Å²) in [5.41, 5.74) is 3.89. The van der Waals surface area contributed by atoms with Crippen molar-refractivity contribution in [1.82, 2.24) is 15.0 Å². The number of benzene rings is 3. The minimum absolute atomic E-state index is 0.626. The molecule has 120 valence electrons.